The van der Waals surface area contributed by atoms with E-state index in [-0.39, 0.29) is 0 Å². The Balaban J connectivity index is 2.01. The molecule has 1 N–H and O–H groups in total. The maximum absolute atomic E-state index is 9.67. The summed E-state index contributed by atoms with van der Waals surface area (Å²) < 4.78 is 8.59. The highest BCUT2D eigenvalue weighted by molar-refractivity contribution is 9.10. The quantitative estimate of drug-likeness (QED) is 0.923. The van der Waals surface area contributed by atoms with Crippen molar-refractivity contribution in [2.45, 2.75) is 19.6 Å². The summed E-state index contributed by atoms with van der Waals surface area (Å²) in [5.41, 5.74) is 0.795. The van der Waals surface area contributed by atoms with Crippen LogP contribution >= 0.6 is 15.9 Å². The summed E-state index contributed by atoms with van der Waals surface area (Å²) in [6.45, 7) is 2.99. The van der Waals surface area contributed by atoms with Gasteiger partial charge in [0, 0.05) is 22.4 Å². The van der Waals surface area contributed by atoms with E-state index in [1.165, 1.54) is 0 Å². The van der Waals surface area contributed by atoms with E-state index in [1.807, 2.05) is 29.0 Å². The summed E-state index contributed by atoms with van der Waals surface area (Å²) in [5, 5.41) is 9.67. The van der Waals surface area contributed by atoms with Crippen LogP contribution in [0.15, 0.2) is 41.4 Å². The van der Waals surface area contributed by atoms with E-state index in [4.69, 9.17) is 4.74 Å². The van der Waals surface area contributed by atoms with Gasteiger partial charge in [0.25, 0.3) is 0 Å². The van der Waals surface area contributed by atoms with Crippen LogP contribution in [0, 0.1) is 0 Å². The maximum Gasteiger partial charge on any atom is 0.126 e. The van der Waals surface area contributed by atoms with Crippen molar-refractivity contribution in [3.8, 4) is 5.75 Å². The number of imidazole rings is 1. The molecule has 1 heterocycles. The molecule has 5 heteroatoms. The van der Waals surface area contributed by atoms with Gasteiger partial charge in [0.05, 0.1) is 19.0 Å². The molecule has 0 saturated carbocycles. The SMILES string of the molecule is C[C@@H](O)c1ccc(Br)cc1OCCn1ccnc1. The van der Waals surface area contributed by atoms with Crippen molar-refractivity contribution in [2.75, 3.05) is 6.61 Å². The van der Waals surface area contributed by atoms with Gasteiger partial charge in [0.2, 0.25) is 0 Å². The van der Waals surface area contributed by atoms with Gasteiger partial charge in [-0.25, -0.2) is 4.98 Å². The molecule has 0 radical (unpaired) electrons. The first-order chi connectivity index (χ1) is 8.66. The normalized spacial score (nSPS) is 12.4. The highest BCUT2D eigenvalue weighted by Crippen LogP contribution is 2.28. The fraction of sp³-hybridized carbons (Fsp3) is 0.308. The summed E-state index contributed by atoms with van der Waals surface area (Å²) in [6, 6.07) is 5.63. The Kier molecular flexibility index (Phi) is 4.38. The monoisotopic (exact) mass is 310 g/mol. The van der Waals surface area contributed by atoms with E-state index in [1.54, 1.807) is 19.4 Å². The number of ether oxygens (including phenoxy) is 1. The average Bonchev–Trinajstić information content (AvgIpc) is 2.82. The van der Waals surface area contributed by atoms with Crippen molar-refractivity contribution in [3.05, 3.63) is 47.0 Å². The summed E-state index contributed by atoms with van der Waals surface area (Å²) in [4.78, 5) is 3.97. The minimum Gasteiger partial charge on any atom is -0.491 e. The average molecular weight is 311 g/mol. The fourth-order valence-corrected chi connectivity index (χ4v) is 2.00. The van der Waals surface area contributed by atoms with E-state index in [9.17, 15) is 5.11 Å². The van der Waals surface area contributed by atoms with Crippen molar-refractivity contribution in [3.63, 3.8) is 0 Å². The molecule has 0 aliphatic carbocycles. The van der Waals surface area contributed by atoms with Crippen LogP contribution in [0.25, 0.3) is 0 Å². The molecular formula is C13H15BrN2O2. The maximum atomic E-state index is 9.67. The Bertz CT molecular complexity index is 498. The van der Waals surface area contributed by atoms with Gasteiger partial charge >= 0.3 is 0 Å². The van der Waals surface area contributed by atoms with Crippen LogP contribution in [0.2, 0.25) is 0 Å². The minimum atomic E-state index is -0.540. The predicted molar refractivity (Wildman–Crippen MR) is 72.5 cm³/mol. The molecule has 4 nitrogen and oxygen atoms in total. The van der Waals surface area contributed by atoms with Crippen molar-refractivity contribution < 1.29 is 9.84 Å². The van der Waals surface area contributed by atoms with Crippen molar-refractivity contribution in [1.29, 1.82) is 0 Å². The smallest absolute Gasteiger partial charge is 0.126 e. The molecule has 0 saturated heterocycles. The zero-order valence-corrected chi connectivity index (χ0v) is 11.7. The number of benzene rings is 1. The van der Waals surface area contributed by atoms with Gasteiger partial charge in [-0.3, -0.25) is 0 Å². The van der Waals surface area contributed by atoms with Gasteiger partial charge < -0.3 is 14.4 Å². The summed E-state index contributed by atoms with van der Waals surface area (Å²) in [6.07, 6.45) is 4.83. The zero-order valence-electron chi connectivity index (χ0n) is 10.1. The molecule has 1 aromatic heterocycles. The first kappa shape index (κ1) is 13.1. The molecule has 0 spiro atoms. The van der Waals surface area contributed by atoms with Crippen molar-refractivity contribution >= 4 is 15.9 Å². The highest BCUT2D eigenvalue weighted by atomic mass is 79.9. The number of aliphatic hydroxyl groups excluding tert-OH is 1. The first-order valence-electron chi connectivity index (χ1n) is 5.73. The fourth-order valence-electron chi connectivity index (χ4n) is 1.66. The van der Waals surface area contributed by atoms with Gasteiger partial charge in [-0.1, -0.05) is 22.0 Å². The van der Waals surface area contributed by atoms with E-state index in [0.29, 0.717) is 12.4 Å². The van der Waals surface area contributed by atoms with Crippen LogP contribution in [0.5, 0.6) is 5.75 Å². The number of hydrogen-bond donors (Lipinski definition) is 1. The van der Waals surface area contributed by atoms with Crippen molar-refractivity contribution in [2.24, 2.45) is 0 Å². The lowest BCUT2D eigenvalue weighted by atomic mass is 10.1. The zero-order chi connectivity index (χ0) is 13.0. The molecule has 0 aliphatic rings. The predicted octanol–water partition coefficient (Wildman–Crippen LogP) is 2.78. The van der Waals surface area contributed by atoms with Crippen molar-refractivity contribution in [1.82, 2.24) is 9.55 Å². The van der Waals surface area contributed by atoms with Gasteiger partial charge in [-0.15, -0.1) is 0 Å². The minimum absolute atomic E-state index is 0.534. The number of halogens is 1. The largest absolute Gasteiger partial charge is 0.491 e. The lowest BCUT2D eigenvalue weighted by molar-refractivity contribution is 0.190. The lowest BCUT2D eigenvalue weighted by Gasteiger charge is -2.14. The second-order valence-electron chi connectivity index (χ2n) is 4.01. The molecule has 0 amide bonds. The third-order valence-corrected chi connectivity index (χ3v) is 3.09. The number of nitrogens with zero attached hydrogens (tertiary/aromatic N) is 2. The molecule has 18 heavy (non-hydrogen) atoms. The Hall–Kier alpha value is -1.33. The molecule has 2 aromatic rings. The highest BCUT2D eigenvalue weighted by Gasteiger charge is 2.09. The van der Waals surface area contributed by atoms with Crippen LogP contribution in [-0.2, 0) is 6.54 Å². The van der Waals surface area contributed by atoms with Crippen LogP contribution in [0.4, 0.5) is 0 Å². The van der Waals surface area contributed by atoms with Crippen LogP contribution in [0.1, 0.15) is 18.6 Å². The lowest BCUT2D eigenvalue weighted by Crippen LogP contribution is -2.08. The Morgan fingerprint density at radius 1 is 1.50 bits per heavy atom. The van der Waals surface area contributed by atoms with Crippen LogP contribution in [-0.4, -0.2) is 21.3 Å². The topological polar surface area (TPSA) is 47.3 Å². The van der Waals surface area contributed by atoms with Gasteiger partial charge in [0.1, 0.15) is 12.4 Å². The molecule has 0 aliphatic heterocycles. The first-order valence-corrected chi connectivity index (χ1v) is 6.52. The standard InChI is InChI=1S/C13H15BrN2O2/c1-10(17)12-3-2-11(14)8-13(12)18-7-6-16-5-4-15-9-16/h2-5,8-10,17H,6-7H2,1H3/t10-/m1/s1. The Morgan fingerprint density at radius 2 is 2.33 bits per heavy atom. The molecule has 0 fully saturated rings. The number of aromatic nitrogens is 2. The molecule has 0 unspecified atom stereocenters. The van der Waals surface area contributed by atoms with E-state index in [0.717, 1.165) is 16.6 Å². The summed E-state index contributed by atoms with van der Waals surface area (Å²) >= 11 is 3.40. The van der Waals surface area contributed by atoms with Crippen LogP contribution < -0.4 is 4.74 Å². The van der Waals surface area contributed by atoms with E-state index < -0.39 is 6.10 Å². The van der Waals surface area contributed by atoms with Gasteiger partial charge in [-0.05, 0) is 19.1 Å². The molecule has 1 atom stereocenters. The van der Waals surface area contributed by atoms with E-state index >= 15 is 0 Å². The summed E-state index contributed by atoms with van der Waals surface area (Å²) in [7, 11) is 0. The summed E-state index contributed by atoms with van der Waals surface area (Å²) in [5.74, 6) is 0.708. The molecule has 0 bridgehead atoms. The molecular weight excluding hydrogens is 296 g/mol. The number of aliphatic hydroxyl groups is 1. The third-order valence-electron chi connectivity index (χ3n) is 2.59. The Morgan fingerprint density at radius 3 is 3.00 bits per heavy atom. The molecule has 1 aromatic carbocycles. The number of rotatable bonds is 5. The second kappa shape index (κ2) is 6.02. The third kappa shape index (κ3) is 3.34. The second-order valence-corrected chi connectivity index (χ2v) is 4.92. The molecule has 2 rings (SSSR count). The van der Waals surface area contributed by atoms with Crippen LogP contribution in [0.3, 0.4) is 0 Å². The Labute approximate surface area is 114 Å². The molecule has 96 valence electrons. The van der Waals surface area contributed by atoms with E-state index in [2.05, 4.69) is 20.9 Å². The van der Waals surface area contributed by atoms with Gasteiger partial charge in [-0.2, -0.15) is 0 Å². The van der Waals surface area contributed by atoms with Gasteiger partial charge in [0.15, 0.2) is 0 Å². The number of hydrogen-bond acceptors (Lipinski definition) is 3.